The van der Waals surface area contributed by atoms with Gasteiger partial charge < -0.3 is 14.3 Å². The highest BCUT2D eigenvalue weighted by Crippen LogP contribution is 2.47. The van der Waals surface area contributed by atoms with Crippen LogP contribution in [-0.2, 0) is 10.8 Å². The van der Waals surface area contributed by atoms with Gasteiger partial charge in [-0.3, -0.25) is 0 Å². The summed E-state index contributed by atoms with van der Waals surface area (Å²) in [5.74, 6) is 0.877. The van der Waals surface area contributed by atoms with Crippen molar-refractivity contribution >= 4 is 73.1 Å². The maximum absolute atomic E-state index is 7.01. The van der Waals surface area contributed by atoms with Gasteiger partial charge in [-0.05, 0) is 91.5 Å². The zero-order valence-electron chi connectivity index (χ0n) is 38.3. The van der Waals surface area contributed by atoms with Crippen molar-refractivity contribution in [3.63, 3.8) is 0 Å². The number of aromatic nitrogens is 1. The van der Waals surface area contributed by atoms with E-state index in [0.29, 0.717) is 0 Å². The molecule has 0 unspecified atom stereocenters. The molecule has 0 amide bonds. The summed E-state index contributed by atoms with van der Waals surface area (Å²) in [5, 5.41) is 9.88. The first kappa shape index (κ1) is 40.0. The molecule has 4 heteroatoms. The van der Waals surface area contributed by atoms with Crippen molar-refractivity contribution in [3.8, 4) is 50.4 Å². The maximum Gasteiger partial charge on any atom is 0.198 e. The zero-order valence-corrected chi connectivity index (χ0v) is 38.3. The fraction of sp³-hybridized carbons (Fsp3) is 0.129. The summed E-state index contributed by atoms with van der Waals surface area (Å²) in [4.78, 5) is 0. The standard InChI is InChI=1S/C62H50BN2O/c1-61(2,3)42-28-25-39(26-29-42)48-35-49(46-23-15-16-24-52(46)64-44-32-30-43(31-33-44)62(4,5)6)57-59-56(48)47-34-27-38-17-13-14-22-45(38)58(47)65(59)53-36-50-54(37-51(53)63-57)66-60(41-20-11-8-12-21-41)55(50)40-18-9-7-10-19-40/h7-37,64H,1-6H3. The first-order chi connectivity index (χ1) is 32.0. The lowest BCUT2D eigenvalue weighted by Crippen LogP contribution is -2.37. The minimum atomic E-state index is 0.0321. The van der Waals surface area contributed by atoms with E-state index in [4.69, 9.17) is 4.42 Å². The monoisotopic (exact) mass is 849 g/mol. The molecule has 1 aliphatic heterocycles. The summed E-state index contributed by atoms with van der Waals surface area (Å²) in [6.07, 6.45) is 0. The van der Waals surface area contributed by atoms with Crippen LogP contribution in [0, 0.1) is 0 Å². The number of hydrogen-bond acceptors (Lipinski definition) is 2. The Kier molecular flexibility index (Phi) is 9.09. The van der Waals surface area contributed by atoms with Crippen LogP contribution in [0.25, 0.3) is 93.9 Å². The topological polar surface area (TPSA) is 30.1 Å². The molecule has 0 spiro atoms. The Bertz CT molecular complexity index is 3680. The average Bonchev–Trinajstić information content (AvgIpc) is 3.89. The molecule has 0 saturated carbocycles. The third-order valence-electron chi connectivity index (χ3n) is 13.7. The molecule has 12 rings (SSSR count). The van der Waals surface area contributed by atoms with Crippen LogP contribution < -0.4 is 16.2 Å². The van der Waals surface area contributed by atoms with E-state index in [0.717, 1.165) is 61.5 Å². The van der Waals surface area contributed by atoms with Gasteiger partial charge in [-0.15, -0.1) is 0 Å². The van der Waals surface area contributed by atoms with E-state index in [1.165, 1.54) is 65.9 Å². The van der Waals surface area contributed by atoms with Gasteiger partial charge in [-0.25, -0.2) is 0 Å². The lowest BCUT2D eigenvalue weighted by molar-refractivity contribution is 0.590. The van der Waals surface area contributed by atoms with Gasteiger partial charge in [-0.1, -0.05) is 199 Å². The Morgan fingerprint density at radius 1 is 0.485 bits per heavy atom. The molecular formula is C62H50BN2O. The summed E-state index contributed by atoms with van der Waals surface area (Å²) in [5.41, 5.74) is 19.6. The Morgan fingerprint density at radius 2 is 1.12 bits per heavy atom. The second kappa shape index (κ2) is 15.0. The number of anilines is 2. The van der Waals surface area contributed by atoms with Crippen LogP contribution in [0.15, 0.2) is 192 Å². The Hall–Kier alpha value is -7.56. The van der Waals surface area contributed by atoms with Gasteiger partial charge in [0, 0.05) is 60.8 Å². The minimum Gasteiger partial charge on any atom is -0.455 e. The molecule has 1 aliphatic rings. The Labute approximate surface area is 387 Å². The van der Waals surface area contributed by atoms with E-state index in [2.05, 4.69) is 247 Å². The molecule has 1 N–H and O–H groups in total. The van der Waals surface area contributed by atoms with Crippen LogP contribution in [0.4, 0.5) is 11.4 Å². The first-order valence-electron chi connectivity index (χ1n) is 23.2. The van der Waals surface area contributed by atoms with Crippen molar-refractivity contribution in [2.24, 2.45) is 0 Å². The molecule has 0 saturated heterocycles. The molecule has 1 radical (unpaired) electrons. The molecule has 0 bridgehead atoms. The summed E-state index contributed by atoms with van der Waals surface area (Å²) in [6.45, 7) is 13.6. The second-order valence-corrected chi connectivity index (χ2v) is 20.0. The number of nitrogens with zero attached hydrogens (tertiary/aromatic N) is 1. The third kappa shape index (κ3) is 6.50. The molecule has 0 atom stereocenters. The minimum absolute atomic E-state index is 0.0321. The number of hydrogen-bond donors (Lipinski definition) is 1. The molecule has 3 nitrogen and oxygen atoms in total. The van der Waals surface area contributed by atoms with E-state index < -0.39 is 0 Å². The number of furan rings is 1. The maximum atomic E-state index is 7.01. The van der Waals surface area contributed by atoms with Crippen LogP contribution >= 0.6 is 0 Å². The predicted molar refractivity (Wildman–Crippen MR) is 282 cm³/mol. The van der Waals surface area contributed by atoms with Gasteiger partial charge in [-0.2, -0.15) is 0 Å². The summed E-state index contributed by atoms with van der Waals surface area (Å²) < 4.78 is 9.59. The van der Waals surface area contributed by atoms with Crippen molar-refractivity contribution in [1.29, 1.82) is 0 Å². The number of fused-ring (bicyclic) bond motifs is 8. The molecular weight excluding hydrogens is 800 g/mol. The summed E-state index contributed by atoms with van der Waals surface area (Å²) >= 11 is 0. The molecule has 0 aliphatic carbocycles. The van der Waals surface area contributed by atoms with E-state index in [1.807, 2.05) is 0 Å². The fourth-order valence-corrected chi connectivity index (χ4v) is 10.3. The molecule has 317 valence electrons. The molecule has 2 aromatic heterocycles. The number of para-hydroxylation sites is 1. The highest BCUT2D eigenvalue weighted by atomic mass is 16.3. The SMILES string of the molecule is CC(C)(C)c1ccc(Nc2ccccc2-c2cc(-c3ccc(C(C)(C)C)cc3)c3c4ccc5ccccc5c4n4c3c2[B]c2cc3oc(-c5ccccc5)c(-c5ccccc5)c3cc2-4)cc1. The second-order valence-electron chi connectivity index (χ2n) is 20.0. The average molecular weight is 850 g/mol. The van der Waals surface area contributed by atoms with E-state index >= 15 is 0 Å². The summed E-state index contributed by atoms with van der Waals surface area (Å²) in [6, 6.07) is 68.9. The quantitative estimate of drug-likeness (QED) is 0.169. The number of rotatable bonds is 6. The van der Waals surface area contributed by atoms with Crippen molar-refractivity contribution in [3.05, 3.63) is 199 Å². The van der Waals surface area contributed by atoms with Crippen molar-refractivity contribution < 1.29 is 4.42 Å². The number of nitrogens with one attached hydrogen (secondary N) is 1. The smallest absolute Gasteiger partial charge is 0.198 e. The van der Waals surface area contributed by atoms with Crippen LogP contribution in [0.5, 0.6) is 0 Å². The fourth-order valence-electron chi connectivity index (χ4n) is 10.3. The third-order valence-corrected chi connectivity index (χ3v) is 13.7. The van der Waals surface area contributed by atoms with Gasteiger partial charge in [0.25, 0.3) is 0 Å². The lowest BCUT2D eigenvalue weighted by atomic mass is 9.58. The van der Waals surface area contributed by atoms with E-state index in [1.54, 1.807) is 0 Å². The Balaban J connectivity index is 1.19. The van der Waals surface area contributed by atoms with Gasteiger partial charge in [0.15, 0.2) is 7.28 Å². The molecule has 66 heavy (non-hydrogen) atoms. The van der Waals surface area contributed by atoms with Gasteiger partial charge >= 0.3 is 0 Å². The van der Waals surface area contributed by atoms with Crippen molar-refractivity contribution in [2.45, 2.75) is 52.4 Å². The lowest BCUT2D eigenvalue weighted by Gasteiger charge is -2.25. The molecule has 0 fully saturated rings. The van der Waals surface area contributed by atoms with Crippen molar-refractivity contribution in [1.82, 2.24) is 4.57 Å². The summed E-state index contributed by atoms with van der Waals surface area (Å²) in [7, 11) is 2.42. The largest absolute Gasteiger partial charge is 0.455 e. The normalized spacial score (nSPS) is 12.5. The first-order valence-corrected chi connectivity index (χ1v) is 23.2. The van der Waals surface area contributed by atoms with E-state index in [9.17, 15) is 0 Å². The molecule has 11 aromatic rings. The van der Waals surface area contributed by atoms with Gasteiger partial charge in [0.2, 0.25) is 0 Å². The number of benzene rings is 9. The van der Waals surface area contributed by atoms with Crippen LogP contribution in [0.1, 0.15) is 52.7 Å². The van der Waals surface area contributed by atoms with E-state index in [-0.39, 0.29) is 10.8 Å². The van der Waals surface area contributed by atoms with Crippen LogP contribution in [0.3, 0.4) is 0 Å². The zero-order chi connectivity index (χ0) is 44.9. The highest BCUT2D eigenvalue weighted by Gasteiger charge is 2.31. The van der Waals surface area contributed by atoms with Crippen LogP contribution in [0.2, 0.25) is 0 Å². The Morgan fingerprint density at radius 3 is 1.83 bits per heavy atom. The molecule has 9 aromatic carbocycles. The van der Waals surface area contributed by atoms with Gasteiger partial charge in [0.05, 0.1) is 5.52 Å². The van der Waals surface area contributed by atoms with Gasteiger partial charge in [0.1, 0.15) is 11.3 Å². The van der Waals surface area contributed by atoms with Crippen molar-refractivity contribution in [2.75, 3.05) is 5.32 Å². The highest BCUT2D eigenvalue weighted by molar-refractivity contribution is 6.74. The predicted octanol–water partition coefficient (Wildman–Crippen LogP) is 15.7. The van der Waals surface area contributed by atoms with Crippen LogP contribution in [-0.4, -0.2) is 11.8 Å². The molecule has 3 heterocycles.